The van der Waals surface area contributed by atoms with Crippen molar-refractivity contribution in [3.63, 3.8) is 0 Å². The number of hydrogen-bond acceptors (Lipinski definition) is 2. The molecule has 34 heavy (non-hydrogen) atoms. The summed E-state index contributed by atoms with van der Waals surface area (Å²) in [6.07, 6.45) is 1.62. The lowest BCUT2D eigenvalue weighted by Crippen LogP contribution is -2.40. The molecule has 0 fully saturated rings. The third-order valence-corrected chi connectivity index (χ3v) is 6.54. The third kappa shape index (κ3) is 4.44. The highest BCUT2D eigenvalue weighted by molar-refractivity contribution is 6.01. The van der Waals surface area contributed by atoms with Gasteiger partial charge in [0, 0.05) is 18.2 Å². The van der Waals surface area contributed by atoms with Crippen LogP contribution in [0.15, 0.2) is 97.1 Å². The van der Waals surface area contributed by atoms with Crippen molar-refractivity contribution in [3.8, 4) is 16.9 Å². The van der Waals surface area contributed by atoms with Gasteiger partial charge in [0.15, 0.2) is 0 Å². The minimum absolute atomic E-state index is 0.0273. The van der Waals surface area contributed by atoms with Gasteiger partial charge in [-0.2, -0.15) is 0 Å². The number of methoxy groups -OCH3 is 1. The molecule has 0 N–H and O–H groups in total. The van der Waals surface area contributed by atoms with Crippen LogP contribution in [0.25, 0.3) is 11.1 Å². The molecule has 0 bridgehead atoms. The van der Waals surface area contributed by atoms with E-state index in [4.69, 9.17) is 4.74 Å². The van der Waals surface area contributed by atoms with Crippen LogP contribution >= 0.6 is 0 Å². The van der Waals surface area contributed by atoms with E-state index in [1.807, 2.05) is 65.6 Å². The molecule has 4 aromatic rings. The Morgan fingerprint density at radius 2 is 1.56 bits per heavy atom. The molecule has 0 unspecified atom stereocenters. The van der Waals surface area contributed by atoms with Crippen LogP contribution < -0.4 is 4.74 Å². The van der Waals surface area contributed by atoms with Gasteiger partial charge in [-0.25, -0.2) is 4.39 Å². The van der Waals surface area contributed by atoms with Crippen LogP contribution in [0.2, 0.25) is 0 Å². The van der Waals surface area contributed by atoms with Gasteiger partial charge in [0.25, 0.3) is 5.91 Å². The zero-order valence-electron chi connectivity index (χ0n) is 19.1. The molecule has 0 saturated carbocycles. The summed E-state index contributed by atoms with van der Waals surface area (Å²) in [5.41, 5.74) is 5.92. The normalized spacial score (nSPS) is 12.9. The third-order valence-electron chi connectivity index (χ3n) is 6.54. The Morgan fingerprint density at radius 3 is 2.26 bits per heavy atom. The number of halogens is 1. The molecule has 0 atom stereocenters. The first kappa shape index (κ1) is 21.9. The quantitative estimate of drug-likeness (QED) is 0.344. The van der Waals surface area contributed by atoms with Gasteiger partial charge in [-0.15, -0.1) is 0 Å². The van der Waals surface area contributed by atoms with Crippen molar-refractivity contribution in [3.05, 3.63) is 125 Å². The Labute approximate surface area is 199 Å². The highest BCUT2D eigenvalue weighted by Gasteiger charge is 2.31. The van der Waals surface area contributed by atoms with Gasteiger partial charge < -0.3 is 9.64 Å². The number of fused-ring (bicyclic) bond motifs is 1. The molecule has 4 heteroatoms. The van der Waals surface area contributed by atoms with E-state index in [1.54, 1.807) is 19.2 Å². The zero-order chi connectivity index (χ0) is 23.5. The Hall–Kier alpha value is -3.92. The van der Waals surface area contributed by atoms with Crippen LogP contribution in [0.4, 0.5) is 4.39 Å². The first-order valence-corrected chi connectivity index (χ1v) is 11.5. The largest absolute Gasteiger partial charge is 0.497 e. The number of benzene rings is 4. The molecule has 1 amide bonds. The molecule has 3 nitrogen and oxygen atoms in total. The summed E-state index contributed by atoms with van der Waals surface area (Å²) in [5, 5.41) is 0. The first-order valence-electron chi connectivity index (χ1n) is 11.5. The molecular formula is C30H26FNO2. The minimum Gasteiger partial charge on any atom is -0.497 e. The molecule has 0 aliphatic heterocycles. The maximum Gasteiger partial charge on any atom is 0.255 e. The van der Waals surface area contributed by atoms with E-state index in [2.05, 4.69) is 12.1 Å². The predicted octanol–water partition coefficient (Wildman–Crippen LogP) is 6.31. The summed E-state index contributed by atoms with van der Waals surface area (Å²) in [6, 6.07) is 30.3. The molecule has 0 aromatic heterocycles. The molecule has 5 rings (SSSR count). The fraction of sp³-hybridized carbons (Fsp3) is 0.167. The average molecular weight is 452 g/mol. The van der Waals surface area contributed by atoms with Crippen LogP contribution in [-0.2, 0) is 19.4 Å². The van der Waals surface area contributed by atoms with E-state index in [1.165, 1.54) is 23.3 Å². The zero-order valence-corrected chi connectivity index (χ0v) is 19.1. The van der Waals surface area contributed by atoms with Crippen LogP contribution in [0.1, 0.15) is 27.0 Å². The molecule has 0 radical (unpaired) electrons. The highest BCUT2D eigenvalue weighted by Crippen LogP contribution is 2.31. The van der Waals surface area contributed by atoms with Gasteiger partial charge in [0.05, 0.1) is 7.11 Å². The second-order valence-electron chi connectivity index (χ2n) is 8.67. The topological polar surface area (TPSA) is 29.5 Å². The second-order valence-corrected chi connectivity index (χ2v) is 8.67. The Kier molecular flexibility index (Phi) is 6.13. The van der Waals surface area contributed by atoms with Gasteiger partial charge in [-0.05, 0) is 71.0 Å². The van der Waals surface area contributed by atoms with Crippen LogP contribution in [0.3, 0.4) is 0 Å². The van der Waals surface area contributed by atoms with Gasteiger partial charge >= 0.3 is 0 Å². The number of carbonyl (C=O) groups excluding carboxylic acids is 1. The first-order chi connectivity index (χ1) is 16.6. The fourth-order valence-electron chi connectivity index (χ4n) is 4.78. The van der Waals surface area contributed by atoms with Crippen molar-refractivity contribution in [1.29, 1.82) is 0 Å². The van der Waals surface area contributed by atoms with Crippen LogP contribution in [0, 0.1) is 5.82 Å². The van der Waals surface area contributed by atoms with Crippen molar-refractivity contribution >= 4 is 5.91 Å². The van der Waals surface area contributed by atoms with Crippen molar-refractivity contribution < 1.29 is 13.9 Å². The fourth-order valence-corrected chi connectivity index (χ4v) is 4.78. The summed E-state index contributed by atoms with van der Waals surface area (Å²) < 4.78 is 18.9. The Morgan fingerprint density at radius 1 is 0.882 bits per heavy atom. The van der Waals surface area contributed by atoms with E-state index < -0.39 is 0 Å². The number of hydrogen-bond donors (Lipinski definition) is 0. The van der Waals surface area contributed by atoms with Gasteiger partial charge in [0.1, 0.15) is 11.6 Å². The molecule has 1 aliphatic rings. The van der Waals surface area contributed by atoms with E-state index >= 15 is 0 Å². The highest BCUT2D eigenvalue weighted by atomic mass is 19.1. The van der Waals surface area contributed by atoms with Crippen LogP contribution in [0.5, 0.6) is 5.75 Å². The summed E-state index contributed by atoms with van der Waals surface area (Å²) in [5.74, 6) is 0.438. The standard InChI is InChI=1S/C30H26FNO2/c1-34-27-10-6-9-24(19-27)28-11-4-5-12-29(28)30(33)32(20-21-13-15-25(31)16-14-21)26-17-22-7-2-3-8-23(22)18-26/h2-16,19,26H,17-18,20H2,1H3. The van der Waals surface area contributed by atoms with E-state index in [0.717, 1.165) is 35.3 Å². The molecule has 0 heterocycles. The summed E-state index contributed by atoms with van der Waals surface area (Å²) >= 11 is 0. The molecule has 170 valence electrons. The maximum atomic E-state index is 14.1. The lowest BCUT2D eigenvalue weighted by Gasteiger charge is -2.30. The van der Waals surface area contributed by atoms with Crippen molar-refractivity contribution in [1.82, 2.24) is 4.90 Å². The lowest BCUT2D eigenvalue weighted by atomic mass is 9.97. The summed E-state index contributed by atoms with van der Waals surface area (Å²) in [7, 11) is 1.64. The maximum absolute atomic E-state index is 14.1. The Balaban J connectivity index is 1.53. The molecule has 1 aliphatic carbocycles. The number of carbonyl (C=O) groups is 1. The second kappa shape index (κ2) is 9.52. The smallest absolute Gasteiger partial charge is 0.255 e. The monoisotopic (exact) mass is 451 g/mol. The van der Waals surface area contributed by atoms with E-state index in [9.17, 15) is 9.18 Å². The lowest BCUT2D eigenvalue weighted by molar-refractivity contribution is 0.0668. The molecular weight excluding hydrogens is 425 g/mol. The van der Waals surface area contributed by atoms with Crippen molar-refractivity contribution in [2.75, 3.05) is 7.11 Å². The minimum atomic E-state index is -0.279. The van der Waals surface area contributed by atoms with Gasteiger partial charge in [-0.3, -0.25) is 4.79 Å². The predicted molar refractivity (Wildman–Crippen MR) is 132 cm³/mol. The van der Waals surface area contributed by atoms with Crippen molar-refractivity contribution in [2.45, 2.75) is 25.4 Å². The van der Waals surface area contributed by atoms with E-state index in [-0.39, 0.29) is 17.8 Å². The molecule has 0 saturated heterocycles. The number of nitrogens with zero attached hydrogens (tertiary/aromatic N) is 1. The summed E-state index contributed by atoms with van der Waals surface area (Å²) in [4.78, 5) is 16.1. The number of amides is 1. The average Bonchev–Trinajstić information content (AvgIpc) is 3.32. The number of rotatable bonds is 6. The van der Waals surface area contributed by atoms with Crippen LogP contribution in [-0.4, -0.2) is 24.0 Å². The summed E-state index contributed by atoms with van der Waals surface area (Å²) in [6.45, 7) is 0.421. The van der Waals surface area contributed by atoms with E-state index in [0.29, 0.717) is 12.1 Å². The molecule has 4 aromatic carbocycles. The van der Waals surface area contributed by atoms with Gasteiger partial charge in [0.2, 0.25) is 0 Å². The van der Waals surface area contributed by atoms with Crippen molar-refractivity contribution in [2.24, 2.45) is 0 Å². The Bertz CT molecular complexity index is 1290. The number of ether oxygens (including phenoxy) is 1. The SMILES string of the molecule is COc1cccc(-c2ccccc2C(=O)N(Cc2ccc(F)cc2)C2Cc3ccccc3C2)c1. The molecule has 0 spiro atoms. The van der Waals surface area contributed by atoms with Gasteiger partial charge in [-0.1, -0.05) is 66.7 Å².